The Morgan fingerprint density at radius 2 is 2.20 bits per heavy atom. The van der Waals surface area contributed by atoms with Gasteiger partial charge < -0.3 is 9.73 Å². The molecule has 0 aliphatic carbocycles. The predicted octanol–water partition coefficient (Wildman–Crippen LogP) is 3.38. The zero-order valence-electron chi connectivity index (χ0n) is 9.96. The molecule has 0 fully saturated rings. The van der Waals surface area contributed by atoms with E-state index < -0.39 is 0 Å². The van der Waals surface area contributed by atoms with Crippen LogP contribution < -0.4 is 5.32 Å². The predicted molar refractivity (Wildman–Crippen MR) is 64.0 cm³/mol. The Morgan fingerprint density at radius 3 is 2.80 bits per heavy atom. The van der Waals surface area contributed by atoms with Gasteiger partial charge in [-0.25, -0.2) is 0 Å². The van der Waals surface area contributed by atoms with E-state index in [0.29, 0.717) is 6.04 Å². The molecule has 1 N–H and O–H groups in total. The first kappa shape index (κ1) is 12.3. The molecule has 0 spiro atoms. The first-order valence-corrected chi connectivity index (χ1v) is 6.11. The lowest BCUT2D eigenvalue weighted by molar-refractivity contribution is 0.464. The number of unbranched alkanes of at least 4 members (excludes halogenated alkanes) is 2. The van der Waals surface area contributed by atoms with E-state index in [4.69, 9.17) is 4.42 Å². The highest BCUT2D eigenvalue weighted by Gasteiger charge is 2.08. The Hall–Kier alpha value is -0.760. The maximum absolute atomic E-state index is 5.09. The van der Waals surface area contributed by atoms with Gasteiger partial charge in [-0.1, -0.05) is 33.1 Å². The van der Waals surface area contributed by atoms with E-state index in [-0.39, 0.29) is 0 Å². The molecule has 0 saturated heterocycles. The minimum absolute atomic E-state index is 0.610. The zero-order chi connectivity index (χ0) is 10.9. The Bertz CT molecular complexity index is 231. The van der Waals surface area contributed by atoms with Crippen molar-refractivity contribution in [2.45, 2.75) is 52.0 Å². The van der Waals surface area contributed by atoms with Crippen molar-refractivity contribution in [1.29, 1.82) is 0 Å². The summed E-state index contributed by atoms with van der Waals surface area (Å²) < 4.78 is 5.09. The number of furan rings is 1. The summed E-state index contributed by atoms with van der Waals surface area (Å²) in [6.07, 6.45) is 9.93. The number of hydrogen-bond acceptors (Lipinski definition) is 2. The van der Waals surface area contributed by atoms with E-state index in [1.54, 1.807) is 6.26 Å². The molecule has 2 nitrogen and oxygen atoms in total. The minimum atomic E-state index is 0.610. The molecule has 0 amide bonds. The van der Waals surface area contributed by atoms with Crippen molar-refractivity contribution >= 4 is 0 Å². The van der Waals surface area contributed by atoms with Crippen molar-refractivity contribution in [1.82, 2.24) is 5.32 Å². The molecule has 2 heteroatoms. The van der Waals surface area contributed by atoms with Crippen LogP contribution in [0.4, 0.5) is 0 Å². The second kappa shape index (κ2) is 7.52. The van der Waals surface area contributed by atoms with Crippen LogP contribution in [0.25, 0.3) is 0 Å². The third-order valence-corrected chi connectivity index (χ3v) is 2.71. The Labute approximate surface area is 93.1 Å². The summed E-state index contributed by atoms with van der Waals surface area (Å²) in [5.41, 5.74) is 1.30. The molecule has 1 unspecified atom stereocenters. The van der Waals surface area contributed by atoms with Crippen molar-refractivity contribution in [2.75, 3.05) is 6.54 Å². The molecule has 1 heterocycles. The summed E-state index contributed by atoms with van der Waals surface area (Å²) in [6.45, 7) is 5.47. The molecule has 0 aliphatic heterocycles. The Morgan fingerprint density at radius 1 is 1.33 bits per heavy atom. The van der Waals surface area contributed by atoms with E-state index in [1.165, 1.54) is 31.2 Å². The van der Waals surface area contributed by atoms with Crippen LogP contribution in [0.3, 0.4) is 0 Å². The van der Waals surface area contributed by atoms with Crippen molar-refractivity contribution in [3.05, 3.63) is 24.2 Å². The van der Waals surface area contributed by atoms with Crippen molar-refractivity contribution in [2.24, 2.45) is 0 Å². The maximum Gasteiger partial charge on any atom is 0.0935 e. The molecule has 86 valence electrons. The highest BCUT2D eigenvalue weighted by Crippen LogP contribution is 2.10. The van der Waals surface area contributed by atoms with Gasteiger partial charge in [-0.15, -0.1) is 0 Å². The fraction of sp³-hybridized carbons (Fsp3) is 0.692. The van der Waals surface area contributed by atoms with Gasteiger partial charge in [-0.3, -0.25) is 0 Å². The number of hydrogen-bond donors (Lipinski definition) is 1. The lowest BCUT2D eigenvalue weighted by Gasteiger charge is -2.16. The van der Waals surface area contributed by atoms with E-state index in [0.717, 1.165) is 13.0 Å². The molecular weight excluding hydrogens is 186 g/mol. The normalized spacial score (nSPS) is 12.9. The van der Waals surface area contributed by atoms with Gasteiger partial charge in [0.1, 0.15) is 0 Å². The van der Waals surface area contributed by atoms with Gasteiger partial charge in [-0.2, -0.15) is 0 Å². The van der Waals surface area contributed by atoms with Gasteiger partial charge in [0, 0.05) is 6.04 Å². The van der Waals surface area contributed by atoms with E-state index in [9.17, 15) is 0 Å². The van der Waals surface area contributed by atoms with Crippen LogP contribution in [-0.4, -0.2) is 12.6 Å². The molecule has 0 saturated carbocycles. The second-order valence-electron chi connectivity index (χ2n) is 4.09. The SMILES string of the molecule is CCCCCC(Cc1ccoc1)NCC. The van der Waals surface area contributed by atoms with Gasteiger partial charge in [0.2, 0.25) is 0 Å². The Balaban J connectivity index is 2.29. The molecule has 1 rings (SSSR count). The average Bonchev–Trinajstić information content (AvgIpc) is 2.71. The van der Waals surface area contributed by atoms with E-state index in [2.05, 4.69) is 25.2 Å². The molecule has 1 aromatic rings. The molecule has 0 aromatic carbocycles. The van der Waals surface area contributed by atoms with Gasteiger partial charge in [0.15, 0.2) is 0 Å². The van der Waals surface area contributed by atoms with Crippen LogP contribution in [0.15, 0.2) is 23.0 Å². The standard InChI is InChI=1S/C13H23NO/c1-3-5-6-7-13(14-4-2)10-12-8-9-15-11-12/h8-9,11,13-14H,3-7,10H2,1-2H3. The molecule has 0 aliphatic rings. The summed E-state index contributed by atoms with van der Waals surface area (Å²) in [4.78, 5) is 0. The first-order chi connectivity index (χ1) is 7.36. The van der Waals surface area contributed by atoms with Gasteiger partial charge >= 0.3 is 0 Å². The summed E-state index contributed by atoms with van der Waals surface area (Å²) in [7, 11) is 0. The molecule has 0 radical (unpaired) electrons. The number of likely N-dealkylation sites (N-methyl/N-ethyl adjacent to an activating group) is 1. The number of rotatable bonds is 8. The third kappa shape index (κ3) is 5.03. The monoisotopic (exact) mass is 209 g/mol. The highest BCUT2D eigenvalue weighted by atomic mass is 16.3. The van der Waals surface area contributed by atoms with Crippen LogP contribution in [0.2, 0.25) is 0 Å². The summed E-state index contributed by atoms with van der Waals surface area (Å²) in [5, 5.41) is 3.54. The minimum Gasteiger partial charge on any atom is -0.472 e. The first-order valence-electron chi connectivity index (χ1n) is 6.11. The van der Waals surface area contributed by atoms with Gasteiger partial charge in [0.05, 0.1) is 12.5 Å². The number of nitrogens with one attached hydrogen (secondary N) is 1. The largest absolute Gasteiger partial charge is 0.472 e. The van der Waals surface area contributed by atoms with Crippen molar-refractivity contribution in [3.63, 3.8) is 0 Å². The fourth-order valence-corrected chi connectivity index (χ4v) is 1.90. The van der Waals surface area contributed by atoms with Crippen LogP contribution in [0.1, 0.15) is 45.1 Å². The fourth-order valence-electron chi connectivity index (χ4n) is 1.90. The highest BCUT2D eigenvalue weighted by molar-refractivity contribution is 5.07. The molecule has 1 atom stereocenters. The second-order valence-corrected chi connectivity index (χ2v) is 4.09. The van der Waals surface area contributed by atoms with Crippen molar-refractivity contribution in [3.8, 4) is 0 Å². The van der Waals surface area contributed by atoms with Gasteiger partial charge in [-0.05, 0) is 31.0 Å². The smallest absolute Gasteiger partial charge is 0.0935 e. The third-order valence-electron chi connectivity index (χ3n) is 2.71. The summed E-state index contributed by atoms with van der Waals surface area (Å²) >= 11 is 0. The van der Waals surface area contributed by atoms with Crippen LogP contribution in [-0.2, 0) is 6.42 Å². The quantitative estimate of drug-likeness (QED) is 0.664. The molecule has 1 aromatic heterocycles. The summed E-state index contributed by atoms with van der Waals surface area (Å²) in [5.74, 6) is 0. The van der Waals surface area contributed by atoms with Gasteiger partial charge in [0.25, 0.3) is 0 Å². The van der Waals surface area contributed by atoms with Crippen LogP contribution in [0.5, 0.6) is 0 Å². The van der Waals surface area contributed by atoms with E-state index in [1.807, 2.05) is 6.26 Å². The summed E-state index contributed by atoms with van der Waals surface area (Å²) in [6, 6.07) is 2.67. The Kier molecular flexibility index (Phi) is 6.17. The molecule has 15 heavy (non-hydrogen) atoms. The van der Waals surface area contributed by atoms with Crippen molar-refractivity contribution < 1.29 is 4.42 Å². The zero-order valence-corrected chi connectivity index (χ0v) is 9.96. The lowest BCUT2D eigenvalue weighted by atomic mass is 10.0. The lowest BCUT2D eigenvalue weighted by Crippen LogP contribution is -2.30. The molecular formula is C13H23NO. The average molecular weight is 209 g/mol. The van der Waals surface area contributed by atoms with Crippen LogP contribution in [0, 0.1) is 0 Å². The van der Waals surface area contributed by atoms with Crippen LogP contribution >= 0.6 is 0 Å². The maximum atomic E-state index is 5.09. The molecule has 0 bridgehead atoms. The van der Waals surface area contributed by atoms with E-state index >= 15 is 0 Å². The topological polar surface area (TPSA) is 25.2 Å².